The third-order valence-electron chi connectivity index (χ3n) is 4.62. The Bertz CT molecular complexity index is 767. The number of aromatic nitrogens is 2. The van der Waals surface area contributed by atoms with Crippen LogP contribution in [0.5, 0.6) is 0 Å². The fourth-order valence-electron chi connectivity index (χ4n) is 2.71. The van der Waals surface area contributed by atoms with Gasteiger partial charge in [-0.2, -0.15) is 36.2 Å². The number of nitrogens with zero attached hydrogens (tertiary/aromatic N) is 1. The number of carboxylic acid groups (broad SMARTS) is 1. The molecule has 1 aromatic heterocycles. The van der Waals surface area contributed by atoms with Crippen LogP contribution in [0.3, 0.4) is 0 Å². The number of carboxylic acids is 1. The minimum Gasteiger partial charge on any atom is -0.480 e. The number of carbonyl (C=O) groups is 4. The van der Waals surface area contributed by atoms with Crippen molar-refractivity contribution in [3.8, 4) is 0 Å². The van der Waals surface area contributed by atoms with Gasteiger partial charge in [0.25, 0.3) is 0 Å². The molecule has 7 N–H and O–H groups in total. The predicted molar refractivity (Wildman–Crippen MR) is 134 cm³/mol. The van der Waals surface area contributed by atoms with Gasteiger partial charge in [0.05, 0.1) is 12.4 Å². The Kier molecular flexibility index (Phi) is 14.0. The molecule has 0 aromatic carbocycles. The van der Waals surface area contributed by atoms with E-state index in [2.05, 4.69) is 38.5 Å². The van der Waals surface area contributed by atoms with Crippen LogP contribution in [-0.4, -0.2) is 92.7 Å². The van der Waals surface area contributed by atoms with Crippen LogP contribution in [0.1, 0.15) is 18.5 Å². The third kappa shape index (κ3) is 10.7. The highest BCUT2D eigenvalue weighted by molar-refractivity contribution is 7.98. The van der Waals surface area contributed by atoms with E-state index in [4.69, 9.17) is 5.73 Å². The second-order valence-electron chi connectivity index (χ2n) is 7.15. The van der Waals surface area contributed by atoms with Crippen LogP contribution in [0, 0.1) is 0 Å². The number of aliphatic carboxylic acids is 1. The van der Waals surface area contributed by atoms with Crippen molar-refractivity contribution in [2.45, 2.75) is 43.4 Å². The first-order valence-electron chi connectivity index (χ1n) is 10.2. The van der Waals surface area contributed by atoms with Gasteiger partial charge in [-0.3, -0.25) is 14.4 Å². The summed E-state index contributed by atoms with van der Waals surface area (Å²) in [5.41, 5.74) is 6.42. The lowest BCUT2D eigenvalue weighted by atomic mass is 10.1. The maximum absolute atomic E-state index is 12.9. The number of nitrogens with one attached hydrogen (secondary N) is 4. The quantitative estimate of drug-likeness (QED) is 0.138. The van der Waals surface area contributed by atoms with Crippen molar-refractivity contribution in [2.75, 3.05) is 29.8 Å². The molecule has 0 saturated carbocycles. The van der Waals surface area contributed by atoms with Gasteiger partial charge in [0.15, 0.2) is 0 Å². The Morgan fingerprint density at radius 2 is 1.61 bits per heavy atom. The summed E-state index contributed by atoms with van der Waals surface area (Å²) in [6.07, 6.45) is 7.39. The Labute approximate surface area is 207 Å². The van der Waals surface area contributed by atoms with Crippen molar-refractivity contribution in [3.63, 3.8) is 0 Å². The first kappa shape index (κ1) is 29.1. The zero-order valence-corrected chi connectivity index (χ0v) is 21.1. The molecule has 0 aliphatic heterocycles. The molecule has 33 heavy (non-hydrogen) atoms. The monoisotopic (exact) mass is 520 g/mol. The maximum Gasteiger partial charge on any atom is 0.326 e. The number of imidazole rings is 1. The van der Waals surface area contributed by atoms with E-state index in [0.29, 0.717) is 23.6 Å². The lowest BCUT2D eigenvalue weighted by molar-refractivity contribution is -0.142. The van der Waals surface area contributed by atoms with Crippen molar-refractivity contribution in [1.29, 1.82) is 0 Å². The fraction of sp³-hybridized carbons (Fsp3) is 0.632. The second-order valence-corrected chi connectivity index (χ2v) is 9.49. The predicted octanol–water partition coefficient (Wildman–Crippen LogP) is -0.745. The van der Waals surface area contributed by atoms with E-state index in [1.54, 1.807) is 11.8 Å². The summed E-state index contributed by atoms with van der Waals surface area (Å²) in [6, 6.07) is -3.99. The molecular formula is C19H32N6O5S3. The summed E-state index contributed by atoms with van der Waals surface area (Å²) < 4.78 is 0. The SMILES string of the molecule is CSCCC(N)C(=O)NC(CS)C(=O)NC(Cc1cnc[nH]1)C(=O)NC(CCSC)C(=O)O. The summed E-state index contributed by atoms with van der Waals surface area (Å²) in [5, 5.41) is 17.0. The molecule has 186 valence electrons. The number of hydrogen-bond donors (Lipinski definition) is 7. The number of aromatic amines is 1. The van der Waals surface area contributed by atoms with Gasteiger partial charge in [-0.15, -0.1) is 0 Å². The van der Waals surface area contributed by atoms with Crippen molar-refractivity contribution in [1.82, 2.24) is 25.9 Å². The molecule has 1 rings (SSSR count). The van der Waals surface area contributed by atoms with Crippen LogP contribution in [0.25, 0.3) is 0 Å². The van der Waals surface area contributed by atoms with Gasteiger partial charge in [0, 0.05) is 24.1 Å². The highest BCUT2D eigenvalue weighted by atomic mass is 32.2. The number of hydrogen-bond acceptors (Lipinski definition) is 9. The van der Waals surface area contributed by atoms with Crippen LogP contribution in [0.15, 0.2) is 12.5 Å². The lowest BCUT2D eigenvalue weighted by Gasteiger charge is -2.24. The van der Waals surface area contributed by atoms with Crippen LogP contribution in [-0.2, 0) is 25.6 Å². The molecule has 3 amide bonds. The van der Waals surface area contributed by atoms with Crippen molar-refractivity contribution in [3.05, 3.63) is 18.2 Å². The van der Waals surface area contributed by atoms with Gasteiger partial charge in [0.1, 0.15) is 18.1 Å². The lowest BCUT2D eigenvalue weighted by Crippen LogP contribution is -2.58. The van der Waals surface area contributed by atoms with Crippen LogP contribution < -0.4 is 21.7 Å². The molecule has 0 radical (unpaired) electrons. The number of rotatable bonds is 16. The Morgan fingerprint density at radius 3 is 2.15 bits per heavy atom. The van der Waals surface area contributed by atoms with Gasteiger partial charge in [-0.05, 0) is 36.9 Å². The van der Waals surface area contributed by atoms with Gasteiger partial charge < -0.3 is 31.8 Å². The molecule has 0 aliphatic rings. The molecule has 1 aromatic rings. The fourth-order valence-corrected chi connectivity index (χ4v) is 3.93. The van der Waals surface area contributed by atoms with Gasteiger partial charge in [0.2, 0.25) is 17.7 Å². The molecule has 0 spiro atoms. The number of thioether (sulfide) groups is 2. The average Bonchev–Trinajstić information content (AvgIpc) is 3.30. The zero-order valence-electron chi connectivity index (χ0n) is 18.6. The summed E-state index contributed by atoms with van der Waals surface area (Å²) >= 11 is 7.15. The Balaban J connectivity index is 2.90. The molecule has 14 heteroatoms. The number of nitrogens with two attached hydrogens (primary N) is 1. The second kappa shape index (κ2) is 15.9. The molecule has 0 fully saturated rings. The number of carbonyl (C=O) groups excluding carboxylic acids is 3. The van der Waals surface area contributed by atoms with E-state index < -0.39 is 47.9 Å². The first-order chi connectivity index (χ1) is 15.7. The molecule has 0 bridgehead atoms. The summed E-state index contributed by atoms with van der Waals surface area (Å²) in [6.45, 7) is 0. The van der Waals surface area contributed by atoms with Crippen LogP contribution in [0.2, 0.25) is 0 Å². The minimum atomic E-state index is -1.16. The zero-order chi connectivity index (χ0) is 24.8. The summed E-state index contributed by atoms with van der Waals surface area (Å²) in [4.78, 5) is 56.3. The standard InChI is InChI=1S/C19H32N6O5S3/c1-32-5-3-12(20)16(26)25-15(9-31)18(28)24-14(7-11-8-21-10-22-11)17(27)23-13(19(29)30)4-6-33-2/h8,10,12-15,31H,3-7,9,20H2,1-2H3,(H,21,22)(H,23,27)(H,24,28)(H,25,26)(H,29,30). The van der Waals surface area contributed by atoms with Crippen molar-refractivity contribution < 1.29 is 24.3 Å². The maximum atomic E-state index is 12.9. The van der Waals surface area contributed by atoms with Crippen molar-refractivity contribution >= 4 is 59.8 Å². The highest BCUT2D eigenvalue weighted by Crippen LogP contribution is 2.05. The number of amides is 3. The third-order valence-corrected chi connectivity index (χ3v) is 6.28. The Morgan fingerprint density at radius 1 is 1.03 bits per heavy atom. The average molecular weight is 521 g/mol. The Hall–Kier alpha value is -1.90. The number of H-pyrrole nitrogens is 1. The largest absolute Gasteiger partial charge is 0.480 e. The van der Waals surface area contributed by atoms with Crippen LogP contribution in [0.4, 0.5) is 0 Å². The minimum absolute atomic E-state index is 0.0172. The summed E-state index contributed by atoms with van der Waals surface area (Å²) in [7, 11) is 0. The van der Waals surface area contributed by atoms with E-state index >= 15 is 0 Å². The topological polar surface area (TPSA) is 179 Å². The van der Waals surface area contributed by atoms with E-state index in [1.807, 2.05) is 12.5 Å². The van der Waals surface area contributed by atoms with E-state index in [0.717, 1.165) is 0 Å². The molecule has 4 atom stereocenters. The normalized spacial score (nSPS) is 14.5. The molecule has 1 heterocycles. The highest BCUT2D eigenvalue weighted by Gasteiger charge is 2.30. The summed E-state index contributed by atoms with van der Waals surface area (Å²) in [5.74, 6) is -1.73. The van der Waals surface area contributed by atoms with Gasteiger partial charge >= 0.3 is 5.97 Å². The number of thiol groups is 1. The van der Waals surface area contributed by atoms with E-state index in [-0.39, 0.29) is 18.6 Å². The van der Waals surface area contributed by atoms with E-state index in [1.165, 1.54) is 24.3 Å². The van der Waals surface area contributed by atoms with Crippen molar-refractivity contribution in [2.24, 2.45) is 5.73 Å². The molecular weight excluding hydrogens is 488 g/mol. The first-order valence-corrected chi connectivity index (χ1v) is 13.6. The van der Waals surface area contributed by atoms with Crippen LogP contribution >= 0.6 is 36.2 Å². The molecule has 4 unspecified atom stereocenters. The molecule has 11 nitrogen and oxygen atoms in total. The smallest absolute Gasteiger partial charge is 0.326 e. The van der Waals surface area contributed by atoms with Gasteiger partial charge in [-0.25, -0.2) is 9.78 Å². The van der Waals surface area contributed by atoms with E-state index in [9.17, 15) is 24.3 Å². The molecule has 0 aliphatic carbocycles. The molecule has 0 saturated heterocycles. The van der Waals surface area contributed by atoms with Gasteiger partial charge in [-0.1, -0.05) is 0 Å².